The summed E-state index contributed by atoms with van der Waals surface area (Å²) >= 11 is 0. The first-order chi connectivity index (χ1) is 23.5. The highest BCUT2D eigenvalue weighted by atomic mass is 16.3. The van der Waals surface area contributed by atoms with Crippen molar-refractivity contribution in [3.05, 3.63) is 0 Å². The van der Waals surface area contributed by atoms with E-state index in [0.29, 0.717) is 0 Å². The maximum Gasteiger partial charge on any atom is 0.290 e. The number of rotatable bonds is 34. The fourth-order valence-corrected chi connectivity index (χ4v) is 7.24. The summed E-state index contributed by atoms with van der Waals surface area (Å²) in [4.78, 5) is 16.4. The minimum Gasteiger partial charge on any atom is -0.483 e. The molecule has 48 heavy (non-hydrogen) atoms. The van der Waals surface area contributed by atoms with E-state index in [1.165, 1.54) is 205 Å². The maximum absolute atomic E-state index is 8.36. The molecule has 292 valence electrons. The number of nitrogens with one attached hydrogen (secondary N) is 1. The summed E-state index contributed by atoms with van der Waals surface area (Å²) in [5.41, 5.74) is 0. The summed E-state index contributed by atoms with van der Waals surface area (Å²) in [7, 11) is 3.75. The predicted molar refractivity (Wildman–Crippen MR) is 217 cm³/mol. The molecule has 0 aliphatic rings. The molecule has 4 heteroatoms. The van der Waals surface area contributed by atoms with Crippen LogP contribution in [-0.4, -0.2) is 32.5 Å². The van der Waals surface area contributed by atoms with Crippen molar-refractivity contribution in [1.29, 1.82) is 0 Å². The Morgan fingerprint density at radius 1 is 0.396 bits per heavy atom. The molecule has 4 nitrogen and oxygen atoms in total. The molecule has 0 unspecified atom stereocenters. The first kappa shape index (κ1) is 53.9. The third-order valence-corrected chi connectivity index (χ3v) is 10.0. The van der Waals surface area contributed by atoms with E-state index >= 15 is 0 Å². The fraction of sp³-hybridized carbons (Fsp3) is 0.955. The van der Waals surface area contributed by atoms with Crippen molar-refractivity contribution >= 4 is 13.3 Å². The maximum atomic E-state index is 8.36. The second kappa shape index (κ2) is 52.9. The van der Waals surface area contributed by atoms with Crippen molar-refractivity contribution in [2.24, 2.45) is 17.8 Å². The van der Waals surface area contributed by atoms with Gasteiger partial charge in [0, 0.05) is 0 Å². The Morgan fingerprint density at radius 3 is 0.792 bits per heavy atom. The molecule has 0 heterocycles. The van der Waals surface area contributed by atoms with Gasteiger partial charge in [0.15, 0.2) is 0 Å². The topological polar surface area (TPSA) is 66.4 Å². The normalized spacial score (nSPS) is 10.7. The molecular weight excluding hydrogens is 590 g/mol. The third kappa shape index (κ3) is 49.5. The van der Waals surface area contributed by atoms with Crippen molar-refractivity contribution in [1.82, 2.24) is 5.32 Å². The second-order valence-corrected chi connectivity index (χ2v) is 14.7. The summed E-state index contributed by atoms with van der Waals surface area (Å²) < 4.78 is 0. The highest BCUT2D eigenvalue weighted by Gasteiger charge is 2.14. The number of hydrogen-bond acceptors (Lipinski definition) is 3. The van der Waals surface area contributed by atoms with Gasteiger partial charge in [-0.05, 0) is 31.8 Å². The van der Waals surface area contributed by atoms with Crippen LogP contribution in [0.15, 0.2) is 0 Å². The van der Waals surface area contributed by atoms with Crippen molar-refractivity contribution < 1.29 is 14.7 Å². The average Bonchev–Trinajstić information content (AvgIpc) is 3.08. The molecule has 0 saturated carbocycles. The van der Waals surface area contributed by atoms with Crippen LogP contribution in [0.2, 0.25) is 0 Å². The van der Waals surface area contributed by atoms with Crippen molar-refractivity contribution in [2.45, 2.75) is 240 Å². The second-order valence-electron chi connectivity index (χ2n) is 14.7. The number of carbonyl (C=O) groups is 2. The van der Waals surface area contributed by atoms with E-state index in [0.717, 1.165) is 17.8 Å². The molecule has 0 rings (SSSR count). The number of carbonyl (C=O) groups excluding carboxylic acids is 1. The first-order valence-electron chi connectivity index (χ1n) is 21.5. The molecule has 0 spiro atoms. The zero-order chi connectivity index (χ0) is 36.8. The van der Waals surface area contributed by atoms with Gasteiger partial charge in [0.1, 0.15) is 6.79 Å². The fourth-order valence-electron chi connectivity index (χ4n) is 7.24. The van der Waals surface area contributed by atoms with E-state index in [4.69, 9.17) is 14.7 Å². The zero-order valence-corrected chi connectivity index (χ0v) is 34.4. The van der Waals surface area contributed by atoms with Crippen LogP contribution in [0.25, 0.3) is 0 Å². The lowest BCUT2D eigenvalue weighted by molar-refractivity contribution is -0.122. The first-order valence-corrected chi connectivity index (χ1v) is 21.5. The highest BCUT2D eigenvalue weighted by molar-refractivity contribution is 5.32. The van der Waals surface area contributed by atoms with Crippen LogP contribution in [0.3, 0.4) is 0 Å². The van der Waals surface area contributed by atoms with E-state index in [-0.39, 0.29) is 6.47 Å². The van der Waals surface area contributed by atoms with Gasteiger partial charge in [-0.15, -0.1) is 0 Å². The molecule has 0 aromatic rings. The summed E-state index contributed by atoms with van der Waals surface area (Å²) in [6, 6.07) is 0. The number of hydrogen-bond donors (Lipinski definition) is 2. The summed E-state index contributed by atoms with van der Waals surface area (Å²) in [5, 5.41) is 9.64. The van der Waals surface area contributed by atoms with E-state index in [1.54, 1.807) is 0 Å². The molecule has 0 bridgehead atoms. The van der Waals surface area contributed by atoms with Gasteiger partial charge in [0.2, 0.25) is 0 Å². The van der Waals surface area contributed by atoms with Gasteiger partial charge >= 0.3 is 0 Å². The molecule has 2 N–H and O–H groups in total. The Bertz CT molecular complexity index is 463. The van der Waals surface area contributed by atoms with E-state index in [1.807, 2.05) is 20.9 Å². The largest absolute Gasteiger partial charge is 0.483 e. The van der Waals surface area contributed by atoms with Crippen LogP contribution in [0.1, 0.15) is 240 Å². The molecule has 0 atom stereocenters. The van der Waals surface area contributed by atoms with Gasteiger partial charge < -0.3 is 15.2 Å². The van der Waals surface area contributed by atoms with E-state index in [9.17, 15) is 0 Å². The van der Waals surface area contributed by atoms with Crippen LogP contribution in [0, 0.1) is 17.8 Å². The van der Waals surface area contributed by atoms with Crippen molar-refractivity contribution in [3.63, 3.8) is 0 Å². The molecule has 0 saturated heterocycles. The van der Waals surface area contributed by atoms with Gasteiger partial charge in [-0.2, -0.15) is 0 Å². The SMILES string of the molecule is C=O.CCCCCCCC(CCCCCCC)CCCC(CCC)CCCC(CCCCCCC)CCCCCCC.CNC.O=CO. The molecule has 0 aliphatic carbocycles. The van der Waals surface area contributed by atoms with E-state index < -0.39 is 0 Å². The van der Waals surface area contributed by atoms with Crippen LogP contribution in [0.5, 0.6) is 0 Å². The molecule has 0 amide bonds. The molecule has 0 aromatic heterocycles. The van der Waals surface area contributed by atoms with Crippen LogP contribution >= 0.6 is 0 Å². The predicted octanol–water partition coefficient (Wildman–Crippen LogP) is 14.8. The quantitative estimate of drug-likeness (QED) is 0.0523. The van der Waals surface area contributed by atoms with Gasteiger partial charge in [-0.25, -0.2) is 0 Å². The Hall–Kier alpha value is -0.900. The minimum absolute atomic E-state index is 0.250. The Kier molecular flexibility index (Phi) is 59.4. The zero-order valence-electron chi connectivity index (χ0n) is 34.4. The number of carboxylic acid groups (broad SMARTS) is 1. The lowest BCUT2D eigenvalue weighted by Gasteiger charge is -2.22. The minimum atomic E-state index is -0.250. The molecule has 0 radical (unpaired) electrons. The van der Waals surface area contributed by atoms with Crippen LogP contribution < -0.4 is 5.32 Å². The Labute approximate surface area is 304 Å². The van der Waals surface area contributed by atoms with Gasteiger partial charge in [-0.1, -0.05) is 240 Å². The monoisotopic (exact) mass is 684 g/mol. The molecule has 0 fully saturated rings. The van der Waals surface area contributed by atoms with Crippen molar-refractivity contribution in [2.75, 3.05) is 14.1 Å². The lowest BCUT2D eigenvalue weighted by atomic mass is 9.84. The molecule has 0 aromatic carbocycles. The van der Waals surface area contributed by atoms with Crippen LogP contribution in [0.4, 0.5) is 0 Å². The summed E-state index contributed by atoms with van der Waals surface area (Å²) in [5.74, 6) is 3.06. The van der Waals surface area contributed by atoms with E-state index in [2.05, 4.69) is 39.9 Å². The highest BCUT2D eigenvalue weighted by Crippen LogP contribution is 2.30. The summed E-state index contributed by atoms with van der Waals surface area (Å²) in [6.07, 6.45) is 47.1. The molecular formula is C44H93NO3. The van der Waals surface area contributed by atoms with Crippen LogP contribution in [-0.2, 0) is 9.59 Å². The average molecular weight is 684 g/mol. The molecule has 0 aliphatic heterocycles. The van der Waals surface area contributed by atoms with Gasteiger partial charge in [-0.3, -0.25) is 4.79 Å². The third-order valence-electron chi connectivity index (χ3n) is 10.0. The summed E-state index contributed by atoms with van der Waals surface area (Å²) in [6.45, 7) is 13.5. The number of unbranched alkanes of at least 4 members (excludes halogenated alkanes) is 16. The smallest absolute Gasteiger partial charge is 0.290 e. The van der Waals surface area contributed by atoms with Crippen molar-refractivity contribution in [3.8, 4) is 0 Å². The Balaban J connectivity index is -0.00000110. The van der Waals surface area contributed by atoms with Gasteiger partial charge in [0.25, 0.3) is 6.47 Å². The van der Waals surface area contributed by atoms with Gasteiger partial charge in [0.05, 0.1) is 0 Å². The lowest BCUT2D eigenvalue weighted by Crippen LogP contribution is -2.07. The Morgan fingerprint density at radius 2 is 0.583 bits per heavy atom. The standard InChI is InChI=1S/C40H82.C2H7N.CH2O2.CH2O/c1-6-11-15-19-23-30-39(31-24-20-16-12-7-2)36-27-34-38(29-10-5)35-28-37-40(32-25-21-17-13-8-3)33-26-22-18-14-9-4;1-3-2;2-1-3;1-2/h38-40H,6-37H2,1-5H3;3H,1-2H3;1H,(H,2,3);1H2.